The Hall–Kier alpha value is -1.36. The van der Waals surface area contributed by atoms with Crippen LogP contribution >= 0.6 is 11.6 Å². The molecule has 1 aromatic heterocycles. The van der Waals surface area contributed by atoms with Crippen molar-refractivity contribution in [3.05, 3.63) is 51.8 Å². The molecule has 3 N–H and O–H groups in total. The number of nitrogens with zero attached hydrogens (tertiary/aromatic N) is 2. The van der Waals surface area contributed by atoms with Gasteiger partial charge in [-0.3, -0.25) is 10.5 Å². The Morgan fingerprint density at radius 1 is 1.25 bits per heavy atom. The minimum Gasteiger partial charge on any atom is -0.271 e. The second-order valence-electron chi connectivity index (χ2n) is 5.32. The Balaban J connectivity index is 2.62. The molecule has 0 aliphatic rings. The van der Waals surface area contributed by atoms with Crippen LogP contribution in [0.4, 0.5) is 0 Å². The summed E-state index contributed by atoms with van der Waals surface area (Å²) < 4.78 is 1.92. The van der Waals surface area contributed by atoms with E-state index in [1.807, 2.05) is 10.7 Å². The molecule has 0 saturated carbocycles. The zero-order valence-electron chi connectivity index (χ0n) is 12.3. The van der Waals surface area contributed by atoms with Crippen LogP contribution in [0, 0.1) is 13.8 Å². The fraction of sp³-hybridized carbons (Fsp3) is 0.400. The predicted octanol–water partition coefficient (Wildman–Crippen LogP) is 3.29. The van der Waals surface area contributed by atoms with Crippen molar-refractivity contribution in [3.63, 3.8) is 0 Å². The van der Waals surface area contributed by atoms with Gasteiger partial charge in [0.2, 0.25) is 0 Å². The molecule has 108 valence electrons. The van der Waals surface area contributed by atoms with Gasteiger partial charge in [0.25, 0.3) is 0 Å². The first-order valence-electron chi connectivity index (χ1n) is 6.72. The van der Waals surface area contributed by atoms with E-state index in [0.717, 1.165) is 11.3 Å². The summed E-state index contributed by atoms with van der Waals surface area (Å²) in [5.41, 5.74) is 7.31. The molecule has 0 fully saturated rings. The summed E-state index contributed by atoms with van der Waals surface area (Å²) in [6, 6.07) is 6.25. The molecule has 1 atom stereocenters. The third-order valence-electron chi connectivity index (χ3n) is 3.55. The molecular formula is C15H21ClN4. The molecule has 2 aromatic rings. The van der Waals surface area contributed by atoms with E-state index >= 15 is 0 Å². The van der Waals surface area contributed by atoms with Gasteiger partial charge in [0.05, 0.1) is 23.0 Å². The largest absolute Gasteiger partial charge is 0.271 e. The highest BCUT2D eigenvalue weighted by atomic mass is 35.5. The van der Waals surface area contributed by atoms with E-state index < -0.39 is 0 Å². The lowest BCUT2D eigenvalue weighted by molar-refractivity contribution is 0.475. The van der Waals surface area contributed by atoms with Crippen LogP contribution in [0.3, 0.4) is 0 Å². The van der Waals surface area contributed by atoms with Crippen LogP contribution in [0.2, 0.25) is 5.02 Å². The number of nitrogens with one attached hydrogen (secondary N) is 1. The van der Waals surface area contributed by atoms with Gasteiger partial charge in [0.1, 0.15) is 0 Å². The fourth-order valence-electron chi connectivity index (χ4n) is 2.61. The zero-order chi connectivity index (χ0) is 14.9. The maximum Gasteiger partial charge on any atom is 0.0898 e. The number of aryl methyl sites for hydroxylation is 2. The van der Waals surface area contributed by atoms with Gasteiger partial charge < -0.3 is 0 Å². The third kappa shape index (κ3) is 2.59. The Kier molecular flexibility index (Phi) is 4.48. The number of aromatic nitrogens is 2. The number of rotatable bonds is 4. The van der Waals surface area contributed by atoms with Crippen molar-refractivity contribution >= 4 is 11.6 Å². The summed E-state index contributed by atoms with van der Waals surface area (Å²) in [6.45, 7) is 8.31. The van der Waals surface area contributed by atoms with Gasteiger partial charge in [-0.05, 0) is 44.4 Å². The molecule has 2 rings (SSSR count). The Bertz CT molecular complexity index is 584. The lowest BCUT2D eigenvalue weighted by Crippen LogP contribution is -2.32. The first kappa shape index (κ1) is 15.0. The Labute approximate surface area is 124 Å². The van der Waals surface area contributed by atoms with Gasteiger partial charge in [-0.1, -0.05) is 29.8 Å². The quantitative estimate of drug-likeness (QED) is 0.671. The van der Waals surface area contributed by atoms with Crippen molar-refractivity contribution in [1.82, 2.24) is 15.2 Å². The van der Waals surface area contributed by atoms with E-state index in [1.54, 1.807) is 6.20 Å². The number of hydrogen-bond donors (Lipinski definition) is 2. The summed E-state index contributed by atoms with van der Waals surface area (Å²) in [7, 11) is 0. The highest BCUT2D eigenvalue weighted by Gasteiger charge is 2.24. The van der Waals surface area contributed by atoms with Crippen LogP contribution in [0.5, 0.6) is 0 Å². The third-order valence-corrected chi connectivity index (χ3v) is 3.84. The normalized spacial score (nSPS) is 12.9. The summed E-state index contributed by atoms with van der Waals surface area (Å²) in [6.07, 6.45) is 1.68. The van der Waals surface area contributed by atoms with E-state index in [2.05, 4.69) is 50.4 Å². The van der Waals surface area contributed by atoms with Crippen LogP contribution in [0.25, 0.3) is 0 Å². The topological polar surface area (TPSA) is 55.9 Å². The average molecular weight is 293 g/mol. The molecule has 1 aromatic carbocycles. The molecule has 5 heteroatoms. The Morgan fingerprint density at radius 2 is 1.85 bits per heavy atom. The molecule has 0 radical (unpaired) electrons. The van der Waals surface area contributed by atoms with E-state index in [9.17, 15) is 0 Å². The monoisotopic (exact) mass is 292 g/mol. The molecular weight excluding hydrogens is 272 g/mol. The molecule has 0 aliphatic carbocycles. The van der Waals surface area contributed by atoms with Crippen molar-refractivity contribution < 1.29 is 0 Å². The number of halogens is 1. The molecule has 4 nitrogen and oxygen atoms in total. The van der Waals surface area contributed by atoms with Crippen molar-refractivity contribution in [2.75, 3.05) is 0 Å². The maximum absolute atomic E-state index is 6.34. The number of benzene rings is 1. The average Bonchev–Trinajstić information content (AvgIpc) is 2.76. The summed E-state index contributed by atoms with van der Waals surface area (Å²) in [5.74, 6) is 5.82. The van der Waals surface area contributed by atoms with Gasteiger partial charge in [0, 0.05) is 6.04 Å². The van der Waals surface area contributed by atoms with Gasteiger partial charge in [-0.2, -0.15) is 5.10 Å². The predicted molar refractivity (Wildman–Crippen MR) is 82.7 cm³/mol. The molecule has 0 amide bonds. The molecule has 0 bridgehead atoms. The highest BCUT2D eigenvalue weighted by Crippen LogP contribution is 2.32. The van der Waals surface area contributed by atoms with Gasteiger partial charge in [-0.15, -0.1) is 0 Å². The number of nitrogens with two attached hydrogens (primary N) is 1. The zero-order valence-corrected chi connectivity index (χ0v) is 13.1. The molecule has 0 aliphatic heterocycles. The van der Waals surface area contributed by atoms with Gasteiger partial charge in [-0.25, -0.2) is 5.43 Å². The van der Waals surface area contributed by atoms with E-state index in [-0.39, 0.29) is 12.1 Å². The van der Waals surface area contributed by atoms with Crippen LogP contribution in [-0.4, -0.2) is 9.78 Å². The highest BCUT2D eigenvalue weighted by molar-refractivity contribution is 6.31. The smallest absolute Gasteiger partial charge is 0.0898 e. The summed E-state index contributed by atoms with van der Waals surface area (Å²) >= 11 is 6.34. The number of hydrazine groups is 1. The molecule has 0 saturated heterocycles. The van der Waals surface area contributed by atoms with Crippen LogP contribution in [0.1, 0.15) is 48.3 Å². The number of hydrogen-bond acceptors (Lipinski definition) is 3. The van der Waals surface area contributed by atoms with Crippen molar-refractivity contribution in [2.24, 2.45) is 5.84 Å². The fourth-order valence-corrected chi connectivity index (χ4v) is 2.85. The first-order chi connectivity index (χ1) is 9.47. The lowest BCUT2D eigenvalue weighted by atomic mass is 9.94. The van der Waals surface area contributed by atoms with Crippen LogP contribution in [-0.2, 0) is 0 Å². The molecule has 1 heterocycles. The lowest BCUT2D eigenvalue weighted by Gasteiger charge is -2.23. The summed E-state index contributed by atoms with van der Waals surface area (Å²) in [5, 5.41) is 4.99. The van der Waals surface area contributed by atoms with Crippen molar-refractivity contribution in [3.8, 4) is 0 Å². The molecule has 20 heavy (non-hydrogen) atoms. The second kappa shape index (κ2) is 5.95. The molecule has 1 unspecified atom stereocenters. The standard InChI is InChI=1S/C15H21ClN4/c1-9(2)20-15(12(16)8-18-20)14(19-17)13-10(3)6-5-7-11(13)4/h5-9,14,19H,17H2,1-4H3. The minimum atomic E-state index is -0.173. The van der Waals surface area contributed by atoms with Crippen LogP contribution in [0.15, 0.2) is 24.4 Å². The second-order valence-corrected chi connectivity index (χ2v) is 5.73. The SMILES string of the molecule is Cc1cccc(C)c1C(NN)c1c(Cl)cnn1C(C)C. The van der Waals surface area contributed by atoms with Gasteiger partial charge >= 0.3 is 0 Å². The molecule has 0 spiro atoms. The van der Waals surface area contributed by atoms with Crippen molar-refractivity contribution in [2.45, 2.75) is 39.8 Å². The minimum absolute atomic E-state index is 0.173. The maximum atomic E-state index is 6.34. The first-order valence-corrected chi connectivity index (χ1v) is 7.10. The summed E-state index contributed by atoms with van der Waals surface area (Å²) in [4.78, 5) is 0. The van der Waals surface area contributed by atoms with Crippen LogP contribution < -0.4 is 11.3 Å². The van der Waals surface area contributed by atoms with Gasteiger partial charge in [0.15, 0.2) is 0 Å². The van der Waals surface area contributed by atoms with Crippen molar-refractivity contribution in [1.29, 1.82) is 0 Å². The van der Waals surface area contributed by atoms with E-state index in [0.29, 0.717) is 5.02 Å². The van der Waals surface area contributed by atoms with E-state index in [1.165, 1.54) is 11.1 Å². The van der Waals surface area contributed by atoms with E-state index in [4.69, 9.17) is 17.4 Å². The Morgan fingerprint density at radius 3 is 2.35 bits per heavy atom.